The third-order valence-electron chi connectivity index (χ3n) is 4.31. The zero-order valence-corrected chi connectivity index (χ0v) is 12.4. The molecule has 0 radical (unpaired) electrons. The zero-order chi connectivity index (χ0) is 13.5. The highest BCUT2D eigenvalue weighted by molar-refractivity contribution is 5.14. The lowest BCUT2D eigenvalue weighted by Gasteiger charge is -2.36. The van der Waals surface area contributed by atoms with E-state index in [1.165, 1.54) is 24.4 Å². The number of imidazole rings is 1. The standard InChI is InChI=1S/C15H25N3O/c1-15(2,3)13-10-18-7-6-17(11-14(18)16-13)12-4-8-19-9-5-12/h10,12H,4-9,11H2,1-3H3. The Morgan fingerprint density at radius 3 is 2.63 bits per heavy atom. The van der Waals surface area contributed by atoms with Gasteiger partial charge in [0.05, 0.1) is 12.2 Å². The van der Waals surface area contributed by atoms with Crippen molar-refractivity contribution in [2.24, 2.45) is 0 Å². The molecule has 1 saturated heterocycles. The Labute approximate surface area is 115 Å². The maximum atomic E-state index is 5.46. The molecule has 0 spiro atoms. The van der Waals surface area contributed by atoms with Gasteiger partial charge < -0.3 is 9.30 Å². The summed E-state index contributed by atoms with van der Waals surface area (Å²) < 4.78 is 7.80. The first kappa shape index (κ1) is 13.1. The van der Waals surface area contributed by atoms with Gasteiger partial charge in [0.25, 0.3) is 0 Å². The van der Waals surface area contributed by atoms with E-state index in [2.05, 4.69) is 36.4 Å². The smallest absolute Gasteiger partial charge is 0.123 e. The number of ether oxygens (including phenoxy) is 1. The molecule has 1 aromatic heterocycles. The average molecular weight is 263 g/mol. The molecular weight excluding hydrogens is 238 g/mol. The highest BCUT2D eigenvalue weighted by atomic mass is 16.5. The number of fused-ring (bicyclic) bond motifs is 1. The Balaban J connectivity index is 1.74. The second kappa shape index (κ2) is 4.91. The molecule has 1 aromatic rings. The van der Waals surface area contributed by atoms with Crippen molar-refractivity contribution in [1.29, 1.82) is 0 Å². The van der Waals surface area contributed by atoms with Crippen molar-refractivity contribution in [3.05, 3.63) is 17.7 Å². The first-order valence-corrected chi connectivity index (χ1v) is 7.42. The van der Waals surface area contributed by atoms with Crippen LogP contribution in [0.3, 0.4) is 0 Å². The van der Waals surface area contributed by atoms with Crippen molar-refractivity contribution in [2.45, 2.75) is 58.2 Å². The van der Waals surface area contributed by atoms with Crippen LogP contribution in [0.1, 0.15) is 45.1 Å². The summed E-state index contributed by atoms with van der Waals surface area (Å²) in [4.78, 5) is 7.45. The maximum absolute atomic E-state index is 5.46. The molecule has 2 aliphatic heterocycles. The fraction of sp³-hybridized carbons (Fsp3) is 0.800. The molecule has 1 fully saturated rings. The van der Waals surface area contributed by atoms with Gasteiger partial charge in [-0.2, -0.15) is 0 Å². The van der Waals surface area contributed by atoms with Gasteiger partial charge in [-0.1, -0.05) is 20.8 Å². The summed E-state index contributed by atoms with van der Waals surface area (Å²) in [7, 11) is 0. The molecule has 0 aromatic carbocycles. The van der Waals surface area contributed by atoms with Crippen molar-refractivity contribution < 1.29 is 4.74 Å². The summed E-state index contributed by atoms with van der Waals surface area (Å²) in [6.07, 6.45) is 4.59. The molecule has 0 unspecified atom stereocenters. The number of hydrogen-bond donors (Lipinski definition) is 0. The van der Waals surface area contributed by atoms with Crippen LogP contribution in [0.15, 0.2) is 6.20 Å². The van der Waals surface area contributed by atoms with Crippen LogP contribution in [0.4, 0.5) is 0 Å². The van der Waals surface area contributed by atoms with Gasteiger partial charge in [0.1, 0.15) is 5.82 Å². The van der Waals surface area contributed by atoms with E-state index in [0.29, 0.717) is 6.04 Å². The van der Waals surface area contributed by atoms with E-state index in [1.807, 2.05) is 0 Å². The summed E-state index contributed by atoms with van der Waals surface area (Å²) in [6, 6.07) is 0.692. The minimum absolute atomic E-state index is 0.147. The molecule has 4 nitrogen and oxygen atoms in total. The molecule has 0 amide bonds. The topological polar surface area (TPSA) is 30.3 Å². The van der Waals surface area contributed by atoms with Crippen LogP contribution in [0.25, 0.3) is 0 Å². The molecule has 3 heterocycles. The molecule has 106 valence electrons. The molecule has 0 saturated carbocycles. The van der Waals surface area contributed by atoms with Crippen molar-refractivity contribution in [3.63, 3.8) is 0 Å². The monoisotopic (exact) mass is 263 g/mol. The molecule has 19 heavy (non-hydrogen) atoms. The second-order valence-electron chi connectivity index (χ2n) is 6.80. The minimum Gasteiger partial charge on any atom is -0.381 e. The molecule has 0 atom stereocenters. The third kappa shape index (κ3) is 2.70. The van der Waals surface area contributed by atoms with Crippen LogP contribution in [0.5, 0.6) is 0 Å². The fourth-order valence-electron chi connectivity index (χ4n) is 2.99. The maximum Gasteiger partial charge on any atom is 0.123 e. The molecular formula is C15H25N3O. The van der Waals surface area contributed by atoms with Crippen molar-refractivity contribution in [3.8, 4) is 0 Å². The van der Waals surface area contributed by atoms with E-state index in [0.717, 1.165) is 32.8 Å². The van der Waals surface area contributed by atoms with E-state index < -0.39 is 0 Å². The van der Waals surface area contributed by atoms with E-state index in [9.17, 15) is 0 Å². The molecule has 3 rings (SSSR count). The lowest BCUT2D eigenvalue weighted by Crippen LogP contribution is -2.43. The normalized spacial score (nSPS) is 22.5. The summed E-state index contributed by atoms with van der Waals surface area (Å²) >= 11 is 0. The van der Waals surface area contributed by atoms with E-state index in [4.69, 9.17) is 9.72 Å². The van der Waals surface area contributed by atoms with Crippen molar-refractivity contribution in [2.75, 3.05) is 19.8 Å². The largest absolute Gasteiger partial charge is 0.381 e. The van der Waals surface area contributed by atoms with Gasteiger partial charge in [-0.15, -0.1) is 0 Å². The van der Waals surface area contributed by atoms with Gasteiger partial charge in [-0.25, -0.2) is 4.98 Å². The van der Waals surface area contributed by atoms with Gasteiger partial charge >= 0.3 is 0 Å². The highest BCUT2D eigenvalue weighted by Gasteiger charge is 2.28. The Morgan fingerprint density at radius 2 is 1.95 bits per heavy atom. The number of nitrogens with zero attached hydrogens (tertiary/aromatic N) is 3. The lowest BCUT2D eigenvalue weighted by molar-refractivity contribution is 0.0235. The van der Waals surface area contributed by atoms with Gasteiger partial charge in [-0.3, -0.25) is 4.90 Å². The zero-order valence-electron chi connectivity index (χ0n) is 12.4. The number of rotatable bonds is 1. The number of hydrogen-bond acceptors (Lipinski definition) is 3. The molecule has 2 aliphatic rings. The van der Waals surface area contributed by atoms with Gasteiger partial charge in [0.15, 0.2) is 0 Å². The Kier molecular flexibility index (Phi) is 3.39. The van der Waals surface area contributed by atoms with E-state index in [1.54, 1.807) is 0 Å². The lowest BCUT2D eigenvalue weighted by atomic mass is 9.93. The van der Waals surface area contributed by atoms with Crippen LogP contribution >= 0.6 is 0 Å². The Morgan fingerprint density at radius 1 is 1.21 bits per heavy atom. The predicted octanol–water partition coefficient (Wildman–Crippen LogP) is 2.18. The quantitative estimate of drug-likeness (QED) is 0.778. The van der Waals surface area contributed by atoms with Crippen LogP contribution in [-0.2, 0) is 23.2 Å². The average Bonchev–Trinajstić information content (AvgIpc) is 2.82. The summed E-state index contributed by atoms with van der Waals surface area (Å²) in [5.74, 6) is 1.24. The second-order valence-corrected chi connectivity index (χ2v) is 6.80. The van der Waals surface area contributed by atoms with Gasteiger partial charge in [0, 0.05) is 44.0 Å². The fourth-order valence-corrected chi connectivity index (χ4v) is 2.99. The SMILES string of the molecule is CC(C)(C)c1cn2c(n1)CN(C1CCOCC1)CC2. The van der Waals surface area contributed by atoms with Gasteiger partial charge in [-0.05, 0) is 12.8 Å². The van der Waals surface area contributed by atoms with Crippen molar-refractivity contribution in [1.82, 2.24) is 14.5 Å². The van der Waals surface area contributed by atoms with Crippen LogP contribution in [0.2, 0.25) is 0 Å². The first-order valence-electron chi connectivity index (χ1n) is 7.42. The van der Waals surface area contributed by atoms with Crippen LogP contribution < -0.4 is 0 Å². The van der Waals surface area contributed by atoms with Crippen molar-refractivity contribution >= 4 is 0 Å². The minimum atomic E-state index is 0.147. The third-order valence-corrected chi connectivity index (χ3v) is 4.31. The Hall–Kier alpha value is -0.870. The molecule has 0 aliphatic carbocycles. The summed E-state index contributed by atoms with van der Waals surface area (Å²) in [5, 5.41) is 0. The first-order chi connectivity index (χ1) is 9.04. The molecule has 0 bridgehead atoms. The number of aromatic nitrogens is 2. The molecule has 4 heteroatoms. The van der Waals surface area contributed by atoms with Crippen LogP contribution in [-0.4, -0.2) is 40.3 Å². The highest BCUT2D eigenvalue weighted by Crippen LogP contribution is 2.25. The summed E-state index contributed by atoms with van der Waals surface area (Å²) in [5.41, 5.74) is 1.37. The summed E-state index contributed by atoms with van der Waals surface area (Å²) in [6.45, 7) is 11.8. The Bertz CT molecular complexity index is 441. The van der Waals surface area contributed by atoms with E-state index in [-0.39, 0.29) is 5.41 Å². The van der Waals surface area contributed by atoms with Gasteiger partial charge in [0.2, 0.25) is 0 Å². The van der Waals surface area contributed by atoms with Crippen LogP contribution in [0, 0.1) is 0 Å². The van der Waals surface area contributed by atoms with E-state index >= 15 is 0 Å². The molecule has 0 N–H and O–H groups in total. The predicted molar refractivity (Wildman–Crippen MR) is 75.2 cm³/mol.